The highest BCUT2D eigenvalue weighted by Gasteiger charge is 2.34. The predicted molar refractivity (Wildman–Crippen MR) is 92.1 cm³/mol. The number of nitrogens with one attached hydrogen (secondary N) is 1. The van der Waals surface area contributed by atoms with Crippen molar-refractivity contribution in [2.45, 2.75) is 12.8 Å². The number of anilines is 1. The number of H-pyrrole nitrogens is 1. The van der Waals surface area contributed by atoms with Crippen LogP contribution in [0, 0.1) is 18.3 Å². The van der Waals surface area contributed by atoms with Crippen LogP contribution in [-0.2, 0) is 4.74 Å². The van der Waals surface area contributed by atoms with Crippen LogP contribution in [0.25, 0.3) is 0 Å². The number of aromatic nitrogens is 2. The van der Waals surface area contributed by atoms with Gasteiger partial charge in [0.15, 0.2) is 0 Å². The molecule has 3 heterocycles. The lowest BCUT2D eigenvalue weighted by molar-refractivity contribution is 0.122. The summed E-state index contributed by atoms with van der Waals surface area (Å²) in [4.78, 5) is 2.29. The van der Waals surface area contributed by atoms with Crippen molar-refractivity contribution in [2.24, 2.45) is 5.73 Å². The lowest BCUT2D eigenvalue weighted by atomic mass is 9.84. The third-order valence-electron chi connectivity index (χ3n) is 4.73. The summed E-state index contributed by atoms with van der Waals surface area (Å²) in [5.41, 5.74) is 10.2. The highest BCUT2D eigenvalue weighted by atomic mass is 16.5. The zero-order valence-corrected chi connectivity index (χ0v) is 14.0. The molecule has 1 unspecified atom stereocenters. The Hall–Kier alpha value is -2.98. The van der Waals surface area contributed by atoms with Gasteiger partial charge in [-0.3, -0.25) is 5.10 Å². The molecule has 4 rings (SSSR count). The molecule has 7 nitrogen and oxygen atoms in total. The molecule has 2 aromatic rings. The second kappa shape index (κ2) is 6.15. The van der Waals surface area contributed by atoms with E-state index in [2.05, 4.69) is 33.3 Å². The molecule has 0 radical (unpaired) electrons. The van der Waals surface area contributed by atoms with Crippen molar-refractivity contribution in [3.63, 3.8) is 0 Å². The van der Waals surface area contributed by atoms with E-state index >= 15 is 0 Å². The molecule has 2 aliphatic rings. The van der Waals surface area contributed by atoms with Crippen LogP contribution in [0.15, 0.2) is 35.7 Å². The first-order valence-electron chi connectivity index (χ1n) is 8.24. The van der Waals surface area contributed by atoms with Crippen molar-refractivity contribution in [1.29, 1.82) is 5.26 Å². The lowest BCUT2D eigenvalue weighted by Crippen LogP contribution is -2.36. The van der Waals surface area contributed by atoms with Gasteiger partial charge in [-0.2, -0.15) is 5.26 Å². The minimum atomic E-state index is -0.272. The number of rotatable bonds is 2. The van der Waals surface area contributed by atoms with Crippen molar-refractivity contribution < 1.29 is 9.47 Å². The average molecular weight is 337 g/mol. The molecule has 1 fully saturated rings. The molecule has 0 aliphatic carbocycles. The van der Waals surface area contributed by atoms with E-state index in [1.165, 1.54) is 0 Å². The number of nitrogens with zero attached hydrogens (tertiary/aromatic N) is 3. The molecule has 0 saturated carbocycles. The Morgan fingerprint density at radius 2 is 2.00 bits per heavy atom. The topological polar surface area (TPSA) is 100 Å². The quantitative estimate of drug-likeness (QED) is 0.866. The highest BCUT2D eigenvalue weighted by molar-refractivity contribution is 5.57. The lowest BCUT2D eigenvalue weighted by Gasteiger charge is -2.29. The van der Waals surface area contributed by atoms with Crippen LogP contribution < -0.4 is 15.4 Å². The molecule has 128 valence electrons. The molecule has 0 amide bonds. The Bertz CT molecular complexity index is 857. The SMILES string of the molecule is Cc1[nH]nc2c1C(c1ccc(N3CCOCC3)cc1)C(C#N)=C(N)O2. The zero-order chi connectivity index (χ0) is 17.4. The van der Waals surface area contributed by atoms with Crippen LogP contribution >= 0.6 is 0 Å². The number of hydrogen-bond donors (Lipinski definition) is 2. The first-order valence-corrected chi connectivity index (χ1v) is 8.24. The number of nitriles is 1. The normalized spacial score (nSPS) is 20.0. The zero-order valence-electron chi connectivity index (χ0n) is 14.0. The van der Waals surface area contributed by atoms with Crippen LogP contribution in [0.1, 0.15) is 22.7 Å². The summed E-state index contributed by atoms with van der Waals surface area (Å²) in [6.07, 6.45) is 0. The Morgan fingerprint density at radius 1 is 1.28 bits per heavy atom. The molecular formula is C18H19N5O2. The first kappa shape index (κ1) is 15.5. The van der Waals surface area contributed by atoms with E-state index in [9.17, 15) is 5.26 Å². The second-order valence-electron chi connectivity index (χ2n) is 6.18. The number of benzene rings is 1. The molecule has 1 aromatic heterocycles. The van der Waals surface area contributed by atoms with Gasteiger partial charge in [0, 0.05) is 30.0 Å². The monoisotopic (exact) mass is 337 g/mol. The molecule has 2 aliphatic heterocycles. The Labute approximate surface area is 145 Å². The molecule has 25 heavy (non-hydrogen) atoms. The van der Waals surface area contributed by atoms with E-state index in [0.29, 0.717) is 11.5 Å². The van der Waals surface area contributed by atoms with Gasteiger partial charge in [-0.15, -0.1) is 5.10 Å². The summed E-state index contributed by atoms with van der Waals surface area (Å²) in [6.45, 7) is 5.19. The van der Waals surface area contributed by atoms with Gasteiger partial charge in [0.2, 0.25) is 11.8 Å². The molecule has 0 spiro atoms. The maximum Gasteiger partial charge on any atom is 0.244 e. The van der Waals surface area contributed by atoms with E-state index in [-0.39, 0.29) is 11.8 Å². The van der Waals surface area contributed by atoms with E-state index < -0.39 is 0 Å². The number of hydrogen-bond acceptors (Lipinski definition) is 6. The molecular weight excluding hydrogens is 318 g/mol. The van der Waals surface area contributed by atoms with E-state index in [1.807, 2.05) is 19.1 Å². The fraction of sp³-hybridized carbons (Fsp3) is 0.333. The standard InChI is InChI=1S/C18H19N5O2/c1-11-15-16(14(10-19)17(20)25-18(15)22-21-11)12-2-4-13(5-3-12)23-6-8-24-9-7-23/h2-5,16H,6-9,20H2,1H3,(H,21,22). The van der Waals surface area contributed by atoms with Crippen molar-refractivity contribution in [2.75, 3.05) is 31.2 Å². The summed E-state index contributed by atoms with van der Waals surface area (Å²) >= 11 is 0. The summed E-state index contributed by atoms with van der Waals surface area (Å²) < 4.78 is 10.9. The molecule has 0 bridgehead atoms. The van der Waals surface area contributed by atoms with Crippen LogP contribution in [0.5, 0.6) is 5.88 Å². The van der Waals surface area contributed by atoms with Gasteiger partial charge in [0.1, 0.15) is 11.6 Å². The van der Waals surface area contributed by atoms with Gasteiger partial charge in [0.05, 0.1) is 19.1 Å². The fourth-order valence-electron chi connectivity index (χ4n) is 3.43. The van der Waals surface area contributed by atoms with Gasteiger partial charge >= 0.3 is 0 Å². The van der Waals surface area contributed by atoms with Crippen molar-refractivity contribution in [3.05, 3.63) is 52.5 Å². The summed E-state index contributed by atoms with van der Waals surface area (Å²) in [7, 11) is 0. The van der Waals surface area contributed by atoms with Crippen molar-refractivity contribution >= 4 is 5.69 Å². The van der Waals surface area contributed by atoms with Crippen molar-refractivity contribution in [3.8, 4) is 11.9 Å². The maximum atomic E-state index is 9.58. The Balaban J connectivity index is 1.72. The second-order valence-corrected chi connectivity index (χ2v) is 6.18. The van der Waals surface area contributed by atoms with Gasteiger partial charge in [-0.25, -0.2) is 0 Å². The Kier molecular flexibility index (Phi) is 3.82. The fourth-order valence-corrected chi connectivity index (χ4v) is 3.43. The number of aromatic amines is 1. The summed E-state index contributed by atoms with van der Waals surface area (Å²) in [5.74, 6) is 0.284. The number of morpholine rings is 1. The highest BCUT2D eigenvalue weighted by Crippen LogP contribution is 2.42. The van der Waals surface area contributed by atoms with Crippen LogP contribution in [0.3, 0.4) is 0 Å². The summed E-state index contributed by atoms with van der Waals surface area (Å²) in [6, 6.07) is 10.4. The molecule has 1 aromatic carbocycles. The van der Waals surface area contributed by atoms with Gasteiger partial charge < -0.3 is 20.1 Å². The van der Waals surface area contributed by atoms with Gasteiger partial charge in [-0.1, -0.05) is 12.1 Å². The van der Waals surface area contributed by atoms with Crippen molar-refractivity contribution in [1.82, 2.24) is 10.2 Å². The summed E-state index contributed by atoms with van der Waals surface area (Å²) in [5, 5.41) is 16.7. The van der Waals surface area contributed by atoms with Crippen LogP contribution in [0.4, 0.5) is 5.69 Å². The molecule has 3 N–H and O–H groups in total. The van der Waals surface area contributed by atoms with E-state index in [0.717, 1.165) is 48.8 Å². The number of fused-ring (bicyclic) bond motifs is 1. The number of nitrogens with two attached hydrogens (primary N) is 1. The molecule has 1 saturated heterocycles. The van der Waals surface area contributed by atoms with E-state index in [1.54, 1.807) is 0 Å². The number of ether oxygens (including phenoxy) is 2. The predicted octanol–water partition coefficient (Wildman–Crippen LogP) is 1.77. The molecule has 7 heteroatoms. The Morgan fingerprint density at radius 3 is 2.68 bits per heavy atom. The average Bonchev–Trinajstić information content (AvgIpc) is 3.02. The largest absolute Gasteiger partial charge is 0.420 e. The first-order chi connectivity index (χ1) is 12.2. The smallest absolute Gasteiger partial charge is 0.244 e. The third-order valence-corrected chi connectivity index (χ3v) is 4.73. The number of allylic oxidation sites excluding steroid dienone is 1. The maximum absolute atomic E-state index is 9.58. The minimum absolute atomic E-state index is 0.115. The molecule has 1 atom stereocenters. The van der Waals surface area contributed by atoms with Gasteiger partial charge in [-0.05, 0) is 24.6 Å². The third kappa shape index (κ3) is 2.61. The van der Waals surface area contributed by atoms with Gasteiger partial charge in [0.25, 0.3) is 0 Å². The minimum Gasteiger partial charge on any atom is -0.420 e. The van der Waals surface area contributed by atoms with E-state index in [4.69, 9.17) is 15.2 Å². The van der Waals surface area contributed by atoms with Crippen LogP contribution in [-0.4, -0.2) is 36.5 Å². The number of aryl methyl sites for hydroxylation is 1. The van der Waals surface area contributed by atoms with Crippen LogP contribution in [0.2, 0.25) is 0 Å².